The molecule has 0 saturated heterocycles. The molecule has 1 rings (SSSR count). The van der Waals surface area contributed by atoms with E-state index in [1.165, 1.54) is 19.1 Å². The quantitative estimate of drug-likeness (QED) is 0.657. The van der Waals surface area contributed by atoms with Crippen molar-refractivity contribution in [3.05, 3.63) is 29.3 Å². The Morgan fingerprint density at radius 1 is 1.32 bits per heavy atom. The summed E-state index contributed by atoms with van der Waals surface area (Å²) < 4.78 is 5.22. The Kier molecular flexibility index (Phi) is 6.37. The maximum absolute atomic E-state index is 11.8. The van der Waals surface area contributed by atoms with Crippen molar-refractivity contribution in [2.24, 2.45) is 5.16 Å². The Labute approximate surface area is 129 Å². The van der Waals surface area contributed by atoms with Crippen LogP contribution >= 0.6 is 0 Å². The second-order valence-corrected chi connectivity index (χ2v) is 4.83. The molecule has 7 heteroatoms. The molecule has 1 aromatic carbocycles. The Balaban J connectivity index is 3.01. The molecule has 0 saturated carbocycles. The van der Waals surface area contributed by atoms with Crippen LogP contribution in [-0.4, -0.2) is 50.9 Å². The van der Waals surface area contributed by atoms with Gasteiger partial charge in [-0.25, -0.2) is 4.79 Å². The predicted octanol–water partition coefficient (Wildman–Crippen LogP) is 1.35. The first-order valence-corrected chi connectivity index (χ1v) is 6.69. The molecule has 0 radical (unpaired) electrons. The number of ether oxygens (including phenoxy) is 1. The van der Waals surface area contributed by atoms with Crippen molar-refractivity contribution in [1.82, 2.24) is 10.2 Å². The highest BCUT2D eigenvalue weighted by atomic mass is 16.6. The lowest BCUT2D eigenvalue weighted by atomic mass is 10.0. The van der Waals surface area contributed by atoms with E-state index in [0.717, 1.165) is 11.1 Å². The molecule has 0 aromatic heterocycles. The first-order valence-electron chi connectivity index (χ1n) is 6.69. The largest absolute Gasteiger partial charge is 0.414 e. The fourth-order valence-electron chi connectivity index (χ4n) is 1.68. The number of benzene rings is 1. The third-order valence-corrected chi connectivity index (χ3v) is 2.94. The summed E-state index contributed by atoms with van der Waals surface area (Å²) >= 11 is 0. The van der Waals surface area contributed by atoms with E-state index in [1.807, 2.05) is 13.0 Å². The minimum atomic E-state index is -0.466. The van der Waals surface area contributed by atoms with Gasteiger partial charge in [0.25, 0.3) is 5.91 Å². The van der Waals surface area contributed by atoms with E-state index in [2.05, 4.69) is 10.5 Å². The Morgan fingerprint density at radius 3 is 2.55 bits per heavy atom. The summed E-state index contributed by atoms with van der Waals surface area (Å²) in [4.78, 5) is 29.4. The smallest absolute Gasteiger partial charge is 0.410 e. The first-order chi connectivity index (χ1) is 10.4. The molecular formula is C15H21N3O4. The number of carbonyl (C=O) groups is 2. The molecule has 1 N–H and O–H groups in total. The van der Waals surface area contributed by atoms with E-state index in [1.54, 1.807) is 26.2 Å². The summed E-state index contributed by atoms with van der Waals surface area (Å²) in [5, 5.41) is 6.25. The average Bonchev–Trinajstić information content (AvgIpc) is 2.49. The SMILES string of the molecule is CNC(=O)/C(Cc1cc(OC(=O)N(C)C)ccc1C)=N/OC. The number of aryl methyl sites for hydroxylation is 1. The number of carbonyl (C=O) groups excluding carboxylic acids is 2. The van der Waals surface area contributed by atoms with Gasteiger partial charge >= 0.3 is 6.09 Å². The predicted molar refractivity (Wildman–Crippen MR) is 83.1 cm³/mol. The van der Waals surface area contributed by atoms with Crippen LogP contribution in [0, 0.1) is 6.92 Å². The molecule has 0 bridgehead atoms. The van der Waals surface area contributed by atoms with Gasteiger partial charge < -0.3 is 19.8 Å². The highest BCUT2D eigenvalue weighted by Gasteiger charge is 2.15. The van der Waals surface area contributed by atoms with Gasteiger partial charge in [-0.1, -0.05) is 11.2 Å². The molecule has 0 aliphatic carbocycles. The lowest BCUT2D eigenvalue weighted by Gasteiger charge is -2.13. The molecule has 0 aliphatic heterocycles. The molecule has 0 aliphatic rings. The fourth-order valence-corrected chi connectivity index (χ4v) is 1.68. The number of oxime groups is 1. The summed E-state index contributed by atoms with van der Waals surface area (Å²) in [6.07, 6.45) is -0.195. The minimum absolute atomic E-state index is 0.240. The molecule has 0 fully saturated rings. The van der Waals surface area contributed by atoms with Crippen LogP contribution in [0.5, 0.6) is 5.75 Å². The number of rotatable bonds is 5. The summed E-state index contributed by atoms with van der Waals surface area (Å²) in [7, 11) is 6.11. The Hall–Kier alpha value is -2.57. The zero-order valence-electron chi connectivity index (χ0n) is 13.5. The van der Waals surface area contributed by atoms with E-state index in [0.29, 0.717) is 5.75 Å². The fraction of sp³-hybridized carbons (Fsp3) is 0.400. The van der Waals surface area contributed by atoms with Gasteiger partial charge in [-0.2, -0.15) is 0 Å². The van der Waals surface area contributed by atoms with Gasteiger partial charge in [0.15, 0.2) is 0 Å². The molecule has 0 spiro atoms. The van der Waals surface area contributed by atoms with Crippen LogP contribution in [0.4, 0.5) is 4.79 Å². The highest BCUT2D eigenvalue weighted by Crippen LogP contribution is 2.19. The van der Waals surface area contributed by atoms with E-state index in [4.69, 9.17) is 9.57 Å². The van der Waals surface area contributed by atoms with Gasteiger partial charge in [-0.05, 0) is 30.2 Å². The van der Waals surface area contributed by atoms with E-state index >= 15 is 0 Å². The second-order valence-electron chi connectivity index (χ2n) is 4.83. The van der Waals surface area contributed by atoms with Crippen LogP contribution in [0.1, 0.15) is 11.1 Å². The number of hydrogen-bond acceptors (Lipinski definition) is 5. The normalized spacial score (nSPS) is 10.9. The highest BCUT2D eigenvalue weighted by molar-refractivity contribution is 6.39. The van der Waals surface area contributed by atoms with Crippen LogP contribution in [0.15, 0.2) is 23.4 Å². The zero-order valence-corrected chi connectivity index (χ0v) is 13.5. The zero-order chi connectivity index (χ0) is 16.7. The standard InChI is InChI=1S/C15H21N3O4/c1-10-6-7-12(22-15(20)18(3)4)8-11(10)9-13(17-21-5)14(19)16-2/h6-8H,9H2,1-5H3,(H,16,19)/b17-13+. The third-order valence-electron chi connectivity index (χ3n) is 2.94. The first kappa shape index (κ1) is 17.5. The van der Waals surface area contributed by atoms with Crippen LogP contribution < -0.4 is 10.1 Å². The Bertz CT molecular complexity index is 582. The monoisotopic (exact) mass is 307 g/mol. The van der Waals surface area contributed by atoms with E-state index in [9.17, 15) is 9.59 Å². The summed E-state index contributed by atoms with van der Waals surface area (Å²) in [6.45, 7) is 1.90. The van der Waals surface area contributed by atoms with Crippen molar-refractivity contribution < 1.29 is 19.2 Å². The number of nitrogens with one attached hydrogen (secondary N) is 1. The third kappa shape index (κ3) is 4.76. The summed E-state index contributed by atoms with van der Waals surface area (Å²) in [5.41, 5.74) is 2.02. The molecule has 22 heavy (non-hydrogen) atoms. The molecule has 0 heterocycles. The summed E-state index contributed by atoms with van der Waals surface area (Å²) in [6, 6.07) is 5.24. The van der Waals surface area contributed by atoms with Gasteiger partial charge in [-0.3, -0.25) is 4.79 Å². The molecule has 7 nitrogen and oxygen atoms in total. The van der Waals surface area contributed by atoms with Gasteiger partial charge in [0, 0.05) is 27.6 Å². The van der Waals surface area contributed by atoms with Crippen molar-refractivity contribution in [2.45, 2.75) is 13.3 Å². The van der Waals surface area contributed by atoms with Crippen LogP contribution in [0.2, 0.25) is 0 Å². The van der Waals surface area contributed by atoms with Crippen molar-refractivity contribution in [3.8, 4) is 5.75 Å². The van der Waals surface area contributed by atoms with E-state index in [-0.39, 0.29) is 18.0 Å². The van der Waals surface area contributed by atoms with Gasteiger partial charge in [0.05, 0.1) is 0 Å². The molecule has 120 valence electrons. The maximum atomic E-state index is 11.8. The van der Waals surface area contributed by atoms with Crippen LogP contribution in [0.25, 0.3) is 0 Å². The number of hydrogen-bond donors (Lipinski definition) is 1. The van der Waals surface area contributed by atoms with Crippen molar-refractivity contribution in [3.63, 3.8) is 0 Å². The van der Waals surface area contributed by atoms with E-state index < -0.39 is 6.09 Å². The second kappa shape index (κ2) is 8.02. The minimum Gasteiger partial charge on any atom is -0.410 e. The molecule has 0 unspecified atom stereocenters. The lowest BCUT2D eigenvalue weighted by molar-refractivity contribution is -0.114. The molecule has 0 atom stereocenters. The number of nitrogens with zero attached hydrogens (tertiary/aromatic N) is 2. The molecule has 1 aromatic rings. The topological polar surface area (TPSA) is 80.2 Å². The average molecular weight is 307 g/mol. The van der Waals surface area contributed by atoms with Crippen molar-refractivity contribution >= 4 is 17.7 Å². The van der Waals surface area contributed by atoms with Crippen LogP contribution in [0.3, 0.4) is 0 Å². The van der Waals surface area contributed by atoms with Gasteiger partial charge in [0.2, 0.25) is 0 Å². The van der Waals surface area contributed by atoms with Crippen molar-refractivity contribution in [2.75, 3.05) is 28.3 Å². The van der Waals surface area contributed by atoms with Crippen LogP contribution in [-0.2, 0) is 16.1 Å². The maximum Gasteiger partial charge on any atom is 0.414 e. The Morgan fingerprint density at radius 2 is 2.00 bits per heavy atom. The lowest BCUT2D eigenvalue weighted by Crippen LogP contribution is -2.29. The van der Waals surface area contributed by atoms with Gasteiger partial charge in [0.1, 0.15) is 18.6 Å². The molecular weight excluding hydrogens is 286 g/mol. The van der Waals surface area contributed by atoms with Gasteiger partial charge in [-0.15, -0.1) is 0 Å². The van der Waals surface area contributed by atoms with Crippen molar-refractivity contribution in [1.29, 1.82) is 0 Å². The summed E-state index contributed by atoms with van der Waals surface area (Å²) in [5.74, 6) is 0.0879. The number of amides is 2. The molecule has 2 amide bonds.